The van der Waals surface area contributed by atoms with E-state index in [4.69, 9.17) is 4.42 Å². The molecule has 1 aromatic carbocycles. The summed E-state index contributed by atoms with van der Waals surface area (Å²) in [6, 6.07) is 6.91. The van der Waals surface area contributed by atoms with Crippen LogP contribution < -0.4 is 0 Å². The normalized spacial score (nSPS) is 11.0. The molecule has 4 nitrogen and oxygen atoms in total. The number of hydrogen-bond donors (Lipinski definition) is 0. The zero-order valence-corrected chi connectivity index (χ0v) is 13.3. The van der Waals surface area contributed by atoms with Crippen LogP contribution in [0.1, 0.15) is 0 Å². The molecule has 0 N–H and O–H groups in total. The summed E-state index contributed by atoms with van der Waals surface area (Å²) < 4.78 is 59.2. The van der Waals surface area contributed by atoms with Gasteiger partial charge in [0, 0.05) is 4.47 Å². The molecule has 118 valence electrons. The fraction of sp³-hybridized carbons (Fsp3) is 0. The quantitative estimate of drug-likeness (QED) is 0.470. The summed E-state index contributed by atoms with van der Waals surface area (Å²) in [5.74, 6) is -6.69. The standard InChI is InChI=1S/C13H4BrF4N3OS/c14-6-4-2-1-3-5(6)12-20-21-13(22-12)23-9-7(15)10(17)19-11(18)8(9)16/h1-4H. The van der Waals surface area contributed by atoms with Gasteiger partial charge in [-0.1, -0.05) is 12.1 Å². The lowest BCUT2D eigenvalue weighted by Crippen LogP contribution is -2.01. The molecule has 3 aromatic rings. The molecule has 0 aliphatic rings. The maximum Gasteiger partial charge on any atom is 0.281 e. The maximum atomic E-state index is 13.6. The van der Waals surface area contributed by atoms with Crippen molar-refractivity contribution in [3.8, 4) is 11.5 Å². The molecule has 0 unspecified atom stereocenters. The number of halogens is 5. The zero-order chi connectivity index (χ0) is 16.6. The highest BCUT2D eigenvalue weighted by Gasteiger charge is 2.24. The first-order chi connectivity index (χ1) is 11.0. The largest absolute Gasteiger partial charge is 0.411 e. The average Bonchev–Trinajstić information content (AvgIpc) is 2.98. The minimum atomic E-state index is -1.75. The van der Waals surface area contributed by atoms with Crippen molar-refractivity contribution in [3.05, 3.63) is 52.3 Å². The van der Waals surface area contributed by atoms with Crippen molar-refractivity contribution in [3.63, 3.8) is 0 Å². The summed E-state index contributed by atoms with van der Waals surface area (Å²) in [6.07, 6.45) is 0. The lowest BCUT2D eigenvalue weighted by atomic mass is 10.2. The van der Waals surface area contributed by atoms with Crippen molar-refractivity contribution in [1.82, 2.24) is 15.2 Å². The third kappa shape index (κ3) is 3.08. The Hall–Kier alpha value is -1.94. The number of nitrogens with zero attached hydrogens (tertiary/aromatic N) is 3. The van der Waals surface area contributed by atoms with Crippen LogP contribution in [0.2, 0.25) is 0 Å². The molecule has 0 aliphatic carbocycles. The molecule has 0 saturated heterocycles. The van der Waals surface area contributed by atoms with Crippen molar-refractivity contribution in [2.75, 3.05) is 0 Å². The van der Waals surface area contributed by atoms with Gasteiger partial charge in [0.05, 0.1) is 10.5 Å². The zero-order valence-electron chi connectivity index (χ0n) is 10.9. The summed E-state index contributed by atoms with van der Waals surface area (Å²) >= 11 is 3.55. The van der Waals surface area contributed by atoms with Crippen molar-refractivity contribution in [2.24, 2.45) is 0 Å². The smallest absolute Gasteiger partial charge is 0.281 e. The van der Waals surface area contributed by atoms with Gasteiger partial charge in [0.25, 0.3) is 17.1 Å². The molecule has 3 rings (SSSR count). The maximum absolute atomic E-state index is 13.6. The molecule has 0 aliphatic heterocycles. The third-order valence-corrected chi connectivity index (χ3v) is 4.25. The number of hydrogen-bond acceptors (Lipinski definition) is 5. The topological polar surface area (TPSA) is 51.8 Å². The summed E-state index contributed by atoms with van der Waals surface area (Å²) in [6.45, 7) is 0. The second-order valence-electron chi connectivity index (χ2n) is 4.11. The summed E-state index contributed by atoms with van der Waals surface area (Å²) in [5, 5.41) is 7.05. The fourth-order valence-corrected chi connectivity index (χ4v) is 2.82. The van der Waals surface area contributed by atoms with E-state index in [1.54, 1.807) is 24.3 Å². The minimum Gasteiger partial charge on any atom is -0.411 e. The number of benzene rings is 1. The summed E-state index contributed by atoms with van der Waals surface area (Å²) in [7, 11) is 0. The number of rotatable bonds is 3. The predicted molar refractivity (Wildman–Crippen MR) is 75.6 cm³/mol. The van der Waals surface area contributed by atoms with E-state index in [1.165, 1.54) is 0 Å². The summed E-state index contributed by atoms with van der Waals surface area (Å²) in [4.78, 5) is 1.52. The Morgan fingerprint density at radius 1 is 0.957 bits per heavy atom. The van der Waals surface area contributed by atoms with Gasteiger partial charge in [-0.05, 0) is 39.8 Å². The van der Waals surface area contributed by atoms with Crippen LogP contribution in [0.3, 0.4) is 0 Å². The Bertz CT molecular complexity index is 863. The van der Waals surface area contributed by atoms with E-state index in [9.17, 15) is 17.6 Å². The molecule has 0 amide bonds. The van der Waals surface area contributed by atoms with Crippen LogP contribution in [0.5, 0.6) is 0 Å². The Balaban J connectivity index is 1.96. The van der Waals surface area contributed by atoms with Crippen molar-refractivity contribution >= 4 is 27.7 Å². The van der Waals surface area contributed by atoms with E-state index in [0.717, 1.165) is 0 Å². The van der Waals surface area contributed by atoms with Gasteiger partial charge in [0.2, 0.25) is 5.89 Å². The molecule has 0 atom stereocenters. The van der Waals surface area contributed by atoms with Crippen LogP contribution in [0, 0.1) is 23.5 Å². The van der Waals surface area contributed by atoms with Crippen LogP contribution in [-0.4, -0.2) is 15.2 Å². The van der Waals surface area contributed by atoms with Gasteiger partial charge in [-0.3, -0.25) is 0 Å². The third-order valence-electron chi connectivity index (χ3n) is 2.66. The van der Waals surface area contributed by atoms with Gasteiger partial charge in [-0.15, -0.1) is 10.2 Å². The van der Waals surface area contributed by atoms with E-state index in [2.05, 4.69) is 31.1 Å². The highest BCUT2D eigenvalue weighted by atomic mass is 79.9. The SMILES string of the molecule is Fc1nc(F)c(F)c(Sc2nnc(-c3ccccc3Br)o2)c1F. The fourth-order valence-electron chi connectivity index (χ4n) is 1.64. The minimum absolute atomic E-state index is 0.0794. The van der Waals surface area contributed by atoms with E-state index in [-0.39, 0.29) is 22.9 Å². The van der Waals surface area contributed by atoms with Gasteiger partial charge < -0.3 is 4.42 Å². The first-order valence-electron chi connectivity index (χ1n) is 5.93. The van der Waals surface area contributed by atoms with Crippen LogP contribution >= 0.6 is 27.7 Å². The van der Waals surface area contributed by atoms with E-state index in [0.29, 0.717) is 10.0 Å². The predicted octanol–water partition coefficient (Wildman–Crippen LogP) is 4.60. The van der Waals surface area contributed by atoms with Gasteiger partial charge in [0.15, 0.2) is 11.6 Å². The molecule has 0 saturated carbocycles. The Morgan fingerprint density at radius 2 is 1.61 bits per heavy atom. The van der Waals surface area contributed by atoms with Crippen molar-refractivity contribution in [2.45, 2.75) is 10.1 Å². The van der Waals surface area contributed by atoms with Gasteiger partial charge in [0.1, 0.15) is 0 Å². The molecule has 2 heterocycles. The lowest BCUT2D eigenvalue weighted by molar-refractivity contribution is 0.382. The second kappa shape index (κ2) is 6.28. The van der Waals surface area contributed by atoms with Gasteiger partial charge in [-0.25, -0.2) is 8.78 Å². The Kier molecular flexibility index (Phi) is 4.35. The van der Waals surface area contributed by atoms with Gasteiger partial charge in [-0.2, -0.15) is 13.8 Å². The summed E-state index contributed by atoms with van der Waals surface area (Å²) in [5.41, 5.74) is 0.555. The van der Waals surface area contributed by atoms with Crippen LogP contribution in [0.25, 0.3) is 11.5 Å². The molecular weight excluding hydrogens is 402 g/mol. The number of pyridine rings is 1. The van der Waals surface area contributed by atoms with Crippen LogP contribution in [-0.2, 0) is 0 Å². The Morgan fingerprint density at radius 3 is 2.26 bits per heavy atom. The molecule has 23 heavy (non-hydrogen) atoms. The highest BCUT2D eigenvalue weighted by molar-refractivity contribution is 9.10. The van der Waals surface area contributed by atoms with Crippen LogP contribution in [0.15, 0.2) is 43.3 Å². The average molecular weight is 406 g/mol. The molecule has 0 bridgehead atoms. The highest BCUT2D eigenvalue weighted by Crippen LogP contribution is 2.35. The first-order valence-corrected chi connectivity index (χ1v) is 7.54. The monoisotopic (exact) mass is 405 g/mol. The number of aromatic nitrogens is 3. The van der Waals surface area contributed by atoms with E-state index in [1.807, 2.05) is 0 Å². The lowest BCUT2D eigenvalue weighted by Gasteiger charge is -2.02. The van der Waals surface area contributed by atoms with Gasteiger partial charge >= 0.3 is 0 Å². The van der Waals surface area contributed by atoms with Crippen molar-refractivity contribution < 1.29 is 22.0 Å². The van der Waals surface area contributed by atoms with E-state index < -0.39 is 28.4 Å². The van der Waals surface area contributed by atoms with E-state index >= 15 is 0 Å². The first kappa shape index (κ1) is 15.9. The molecule has 0 spiro atoms. The molecular formula is C13H4BrF4N3OS. The van der Waals surface area contributed by atoms with Crippen LogP contribution in [0.4, 0.5) is 17.6 Å². The second-order valence-corrected chi connectivity index (χ2v) is 5.92. The molecule has 10 heteroatoms. The molecule has 0 radical (unpaired) electrons. The molecule has 0 fully saturated rings. The Labute approximate surface area is 139 Å². The van der Waals surface area contributed by atoms with Crippen molar-refractivity contribution in [1.29, 1.82) is 0 Å². The molecule has 2 aromatic heterocycles.